The standard InChI is InChI=1S/C11H19N3O3S/c15-9-10-8-12-13-11(10)18(16,17)14-6-4-2-1-3-5-7-14/h8,15H,1-7,9H2,(H,12,13). The van der Waals surface area contributed by atoms with Gasteiger partial charge in [0, 0.05) is 18.7 Å². The molecule has 0 aromatic carbocycles. The fourth-order valence-electron chi connectivity index (χ4n) is 2.22. The van der Waals surface area contributed by atoms with Crippen LogP contribution in [0, 0.1) is 0 Å². The van der Waals surface area contributed by atoms with E-state index in [1.165, 1.54) is 16.9 Å². The topological polar surface area (TPSA) is 86.3 Å². The van der Waals surface area contributed by atoms with Gasteiger partial charge in [-0.05, 0) is 12.8 Å². The molecule has 1 fully saturated rings. The number of aromatic nitrogens is 2. The Morgan fingerprint density at radius 3 is 2.44 bits per heavy atom. The molecule has 1 aliphatic heterocycles. The lowest BCUT2D eigenvalue weighted by Crippen LogP contribution is -2.34. The van der Waals surface area contributed by atoms with E-state index in [4.69, 9.17) is 5.11 Å². The van der Waals surface area contributed by atoms with Crippen LogP contribution < -0.4 is 0 Å². The fourth-order valence-corrected chi connectivity index (χ4v) is 3.84. The lowest BCUT2D eigenvalue weighted by Gasteiger charge is -2.23. The van der Waals surface area contributed by atoms with Crippen LogP contribution in [0.15, 0.2) is 11.2 Å². The predicted molar refractivity (Wildman–Crippen MR) is 66.4 cm³/mol. The van der Waals surface area contributed by atoms with E-state index in [1.54, 1.807) is 0 Å². The van der Waals surface area contributed by atoms with Gasteiger partial charge in [0.15, 0.2) is 5.03 Å². The summed E-state index contributed by atoms with van der Waals surface area (Å²) in [6.07, 6.45) is 6.46. The van der Waals surface area contributed by atoms with Crippen molar-refractivity contribution >= 4 is 10.0 Å². The molecular formula is C11H19N3O3S. The van der Waals surface area contributed by atoms with Gasteiger partial charge in [0.25, 0.3) is 10.0 Å². The zero-order chi connectivity index (χ0) is 13.0. The third kappa shape index (κ3) is 2.73. The van der Waals surface area contributed by atoms with E-state index >= 15 is 0 Å². The van der Waals surface area contributed by atoms with E-state index in [0.29, 0.717) is 18.7 Å². The Labute approximate surface area is 107 Å². The summed E-state index contributed by atoms with van der Waals surface area (Å²) in [5.74, 6) is 0. The van der Waals surface area contributed by atoms with Crippen LogP contribution in [-0.4, -0.2) is 41.1 Å². The molecule has 1 saturated heterocycles. The number of nitrogens with zero attached hydrogens (tertiary/aromatic N) is 2. The van der Waals surface area contributed by atoms with Crippen molar-refractivity contribution in [3.05, 3.63) is 11.8 Å². The first kappa shape index (κ1) is 13.5. The molecule has 0 unspecified atom stereocenters. The Bertz CT molecular complexity index is 475. The highest BCUT2D eigenvalue weighted by atomic mass is 32.2. The molecule has 2 rings (SSSR count). The number of aliphatic hydroxyl groups is 1. The molecule has 0 saturated carbocycles. The predicted octanol–water partition coefficient (Wildman–Crippen LogP) is 0.857. The number of nitrogens with one attached hydrogen (secondary N) is 1. The van der Waals surface area contributed by atoms with Crippen LogP contribution in [0.25, 0.3) is 0 Å². The van der Waals surface area contributed by atoms with Crippen LogP contribution in [0.3, 0.4) is 0 Å². The maximum Gasteiger partial charge on any atom is 0.260 e. The van der Waals surface area contributed by atoms with Crippen molar-refractivity contribution < 1.29 is 13.5 Å². The molecule has 1 aromatic rings. The van der Waals surface area contributed by atoms with E-state index in [0.717, 1.165) is 25.7 Å². The molecule has 0 aliphatic carbocycles. The smallest absolute Gasteiger partial charge is 0.260 e. The summed E-state index contributed by atoms with van der Waals surface area (Å²) in [5, 5.41) is 15.4. The van der Waals surface area contributed by atoms with Crippen LogP contribution in [0.1, 0.15) is 37.7 Å². The highest BCUT2D eigenvalue weighted by molar-refractivity contribution is 7.89. The molecule has 0 radical (unpaired) electrons. The van der Waals surface area contributed by atoms with Gasteiger partial charge in [0.1, 0.15) is 0 Å². The molecular weight excluding hydrogens is 254 g/mol. The maximum atomic E-state index is 12.4. The first-order chi connectivity index (χ1) is 8.66. The zero-order valence-corrected chi connectivity index (χ0v) is 11.1. The van der Waals surface area contributed by atoms with Crippen LogP contribution in [0.5, 0.6) is 0 Å². The van der Waals surface area contributed by atoms with Crippen molar-refractivity contribution in [3.8, 4) is 0 Å². The molecule has 102 valence electrons. The van der Waals surface area contributed by atoms with Gasteiger partial charge in [0.05, 0.1) is 12.8 Å². The highest BCUT2D eigenvalue weighted by Crippen LogP contribution is 2.21. The van der Waals surface area contributed by atoms with Crippen LogP contribution in [-0.2, 0) is 16.6 Å². The molecule has 6 nitrogen and oxygen atoms in total. The summed E-state index contributed by atoms with van der Waals surface area (Å²) in [6, 6.07) is 0. The molecule has 2 heterocycles. The first-order valence-corrected chi connectivity index (χ1v) is 7.73. The zero-order valence-electron chi connectivity index (χ0n) is 10.3. The van der Waals surface area contributed by atoms with E-state index in [2.05, 4.69) is 10.2 Å². The molecule has 0 amide bonds. The Morgan fingerprint density at radius 1 is 1.22 bits per heavy atom. The van der Waals surface area contributed by atoms with E-state index in [-0.39, 0.29) is 11.6 Å². The number of H-pyrrole nitrogens is 1. The average Bonchev–Trinajstić information content (AvgIpc) is 2.76. The maximum absolute atomic E-state index is 12.4. The van der Waals surface area contributed by atoms with Crippen LogP contribution in [0.4, 0.5) is 0 Å². The first-order valence-electron chi connectivity index (χ1n) is 6.29. The second-order valence-electron chi connectivity index (χ2n) is 4.55. The van der Waals surface area contributed by atoms with Crippen molar-refractivity contribution in [2.75, 3.05) is 13.1 Å². The minimum atomic E-state index is -3.55. The van der Waals surface area contributed by atoms with Gasteiger partial charge in [-0.25, -0.2) is 8.42 Å². The number of aromatic amines is 1. The molecule has 1 aliphatic rings. The van der Waals surface area contributed by atoms with Crippen molar-refractivity contribution in [2.24, 2.45) is 0 Å². The Morgan fingerprint density at radius 2 is 1.83 bits per heavy atom. The second-order valence-corrected chi connectivity index (χ2v) is 6.43. The number of aliphatic hydroxyl groups excluding tert-OH is 1. The minimum Gasteiger partial charge on any atom is -0.392 e. The largest absolute Gasteiger partial charge is 0.392 e. The van der Waals surface area contributed by atoms with Gasteiger partial charge in [0.2, 0.25) is 0 Å². The van der Waals surface area contributed by atoms with Gasteiger partial charge in [-0.15, -0.1) is 0 Å². The molecule has 0 bridgehead atoms. The summed E-state index contributed by atoms with van der Waals surface area (Å²) in [6.45, 7) is 0.775. The van der Waals surface area contributed by atoms with Gasteiger partial charge >= 0.3 is 0 Å². The molecule has 1 aromatic heterocycles. The Hall–Kier alpha value is -0.920. The van der Waals surface area contributed by atoms with E-state index in [1.807, 2.05) is 0 Å². The van der Waals surface area contributed by atoms with Gasteiger partial charge < -0.3 is 5.11 Å². The molecule has 2 N–H and O–H groups in total. The molecule has 7 heteroatoms. The van der Waals surface area contributed by atoms with Gasteiger partial charge in [-0.2, -0.15) is 9.40 Å². The van der Waals surface area contributed by atoms with Crippen LogP contribution >= 0.6 is 0 Å². The Balaban J connectivity index is 2.23. The van der Waals surface area contributed by atoms with Crippen molar-refractivity contribution in [1.82, 2.24) is 14.5 Å². The molecule has 0 spiro atoms. The van der Waals surface area contributed by atoms with E-state index in [9.17, 15) is 8.42 Å². The summed E-state index contributed by atoms with van der Waals surface area (Å²) < 4.78 is 26.4. The SMILES string of the molecule is O=S(=O)(c1[nH]ncc1CO)N1CCCCCCC1. The fraction of sp³-hybridized carbons (Fsp3) is 0.727. The van der Waals surface area contributed by atoms with Gasteiger partial charge in [-0.1, -0.05) is 19.3 Å². The number of sulfonamides is 1. The summed E-state index contributed by atoms with van der Waals surface area (Å²) >= 11 is 0. The normalized spacial score (nSPS) is 19.4. The lowest BCUT2D eigenvalue weighted by atomic mass is 10.1. The molecule has 0 atom stereocenters. The van der Waals surface area contributed by atoms with Crippen molar-refractivity contribution in [3.63, 3.8) is 0 Å². The molecule has 18 heavy (non-hydrogen) atoms. The van der Waals surface area contributed by atoms with Crippen molar-refractivity contribution in [1.29, 1.82) is 0 Å². The summed E-state index contributed by atoms with van der Waals surface area (Å²) in [5.41, 5.74) is 0.331. The van der Waals surface area contributed by atoms with Gasteiger partial charge in [-0.3, -0.25) is 5.10 Å². The lowest BCUT2D eigenvalue weighted by molar-refractivity contribution is 0.277. The second kappa shape index (κ2) is 5.81. The van der Waals surface area contributed by atoms with E-state index < -0.39 is 10.0 Å². The Kier molecular flexibility index (Phi) is 4.36. The summed E-state index contributed by atoms with van der Waals surface area (Å²) in [4.78, 5) is 0. The monoisotopic (exact) mass is 273 g/mol. The quantitative estimate of drug-likeness (QED) is 0.855. The van der Waals surface area contributed by atoms with Crippen molar-refractivity contribution in [2.45, 2.75) is 43.7 Å². The third-order valence-electron chi connectivity index (χ3n) is 3.26. The number of hydrogen-bond donors (Lipinski definition) is 2. The minimum absolute atomic E-state index is 0.0329. The third-order valence-corrected chi connectivity index (χ3v) is 5.18. The average molecular weight is 273 g/mol. The number of hydrogen-bond acceptors (Lipinski definition) is 4. The van der Waals surface area contributed by atoms with Crippen LogP contribution in [0.2, 0.25) is 0 Å². The number of rotatable bonds is 3. The summed E-state index contributed by atoms with van der Waals surface area (Å²) in [7, 11) is -3.55. The highest BCUT2D eigenvalue weighted by Gasteiger charge is 2.28.